The zero-order valence-corrected chi connectivity index (χ0v) is 9.81. The Morgan fingerprint density at radius 1 is 1.53 bits per heavy atom. The highest BCUT2D eigenvalue weighted by Crippen LogP contribution is 2.37. The normalized spacial score (nSPS) is 11.7. The third-order valence-electron chi connectivity index (χ3n) is 1.97. The van der Waals surface area contributed by atoms with Crippen molar-refractivity contribution in [1.29, 1.82) is 0 Å². The Kier molecular flexibility index (Phi) is 5.75. The van der Waals surface area contributed by atoms with Gasteiger partial charge in [-0.25, -0.2) is 0 Å². The summed E-state index contributed by atoms with van der Waals surface area (Å²) in [5.74, 6) is 0.425. The zero-order valence-electron chi connectivity index (χ0n) is 8.24. The lowest BCUT2D eigenvalue weighted by molar-refractivity contribution is 0.394. The van der Waals surface area contributed by atoms with E-state index in [9.17, 15) is 5.11 Å². The number of hydrogen-bond donors (Lipinski definition) is 3. The van der Waals surface area contributed by atoms with Gasteiger partial charge in [-0.3, -0.25) is 0 Å². The van der Waals surface area contributed by atoms with Gasteiger partial charge in [0.1, 0.15) is 11.5 Å². The van der Waals surface area contributed by atoms with E-state index >= 15 is 0 Å². The van der Waals surface area contributed by atoms with Crippen molar-refractivity contribution in [3.05, 3.63) is 22.7 Å². The van der Waals surface area contributed by atoms with Crippen LogP contribution in [0, 0.1) is 0 Å². The van der Waals surface area contributed by atoms with Gasteiger partial charge in [-0.05, 0) is 12.1 Å². The molecule has 5 N–H and O–H groups in total. The van der Waals surface area contributed by atoms with Crippen LogP contribution in [0.25, 0.3) is 0 Å². The molecular formula is C9H14Cl2N2O2. The second-order valence-corrected chi connectivity index (χ2v) is 3.26. The van der Waals surface area contributed by atoms with Gasteiger partial charge in [0.2, 0.25) is 0 Å². The van der Waals surface area contributed by atoms with Crippen molar-refractivity contribution in [2.45, 2.75) is 6.04 Å². The number of rotatable bonds is 3. The molecule has 0 aromatic heterocycles. The van der Waals surface area contributed by atoms with Crippen LogP contribution in [0.1, 0.15) is 11.6 Å². The fraction of sp³-hybridized carbons (Fsp3) is 0.333. The first-order valence-electron chi connectivity index (χ1n) is 4.12. The largest absolute Gasteiger partial charge is 0.506 e. The maximum absolute atomic E-state index is 9.66. The summed E-state index contributed by atoms with van der Waals surface area (Å²) in [7, 11) is 1.50. The molecule has 1 aromatic carbocycles. The predicted molar refractivity (Wildman–Crippen MR) is 62.9 cm³/mol. The molecule has 1 rings (SSSR count). The van der Waals surface area contributed by atoms with Crippen molar-refractivity contribution in [3.8, 4) is 11.5 Å². The molecule has 1 atom stereocenters. The van der Waals surface area contributed by atoms with E-state index in [0.717, 1.165) is 0 Å². The molecule has 0 amide bonds. The highest BCUT2D eigenvalue weighted by Gasteiger charge is 2.17. The van der Waals surface area contributed by atoms with Crippen LogP contribution >= 0.6 is 24.0 Å². The monoisotopic (exact) mass is 252 g/mol. The van der Waals surface area contributed by atoms with E-state index in [1.807, 2.05) is 0 Å². The lowest BCUT2D eigenvalue weighted by atomic mass is 10.1. The molecule has 6 heteroatoms. The van der Waals surface area contributed by atoms with Crippen molar-refractivity contribution >= 4 is 24.0 Å². The molecule has 0 spiro atoms. The molecular weight excluding hydrogens is 239 g/mol. The Morgan fingerprint density at radius 3 is 2.60 bits per heavy atom. The molecule has 0 bridgehead atoms. The summed E-state index contributed by atoms with van der Waals surface area (Å²) in [4.78, 5) is 0. The maximum Gasteiger partial charge on any atom is 0.142 e. The van der Waals surface area contributed by atoms with Crippen LogP contribution < -0.4 is 16.2 Å². The van der Waals surface area contributed by atoms with E-state index in [0.29, 0.717) is 11.3 Å². The zero-order chi connectivity index (χ0) is 10.7. The van der Waals surface area contributed by atoms with E-state index in [-0.39, 0.29) is 29.7 Å². The van der Waals surface area contributed by atoms with Crippen LogP contribution in [-0.2, 0) is 0 Å². The molecule has 0 saturated carbocycles. The van der Waals surface area contributed by atoms with Gasteiger partial charge >= 0.3 is 0 Å². The predicted octanol–water partition coefficient (Wildman–Crippen LogP) is 1.43. The lowest BCUT2D eigenvalue weighted by Crippen LogP contribution is -2.21. The Bertz CT molecular complexity index is 334. The molecule has 0 aliphatic carbocycles. The SMILES string of the molecule is COc1ccc(Cl)c(O)c1[C@@H](N)CN.Cl. The Labute approximate surface area is 99.6 Å². The van der Waals surface area contributed by atoms with Gasteiger partial charge in [0, 0.05) is 12.6 Å². The number of halogens is 2. The summed E-state index contributed by atoms with van der Waals surface area (Å²) in [6.45, 7) is 0.213. The topological polar surface area (TPSA) is 81.5 Å². The average Bonchev–Trinajstić information content (AvgIpc) is 2.20. The number of phenols is 1. The first-order chi connectivity index (χ1) is 6.61. The fourth-order valence-corrected chi connectivity index (χ4v) is 1.38. The highest BCUT2D eigenvalue weighted by atomic mass is 35.5. The van der Waals surface area contributed by atoms with Crippen LogP contribution in [0.15, 0.2) is 12.1 Å². The minimum atomic E-state index is -0.483. The molecule has 0 saturated heterocycles. The summed E-state index contributed by atoms with van der Waals surface area (Å²) >= 11 is 5.74. The quantitative estimate of drug-likeness (QED) is 0.761. The summed E-state index contributed by atoms with van der Waals surface area (Å²) < 4.78 is 5.05. The van der Waals surface area contributed by atoms with Crippen LogP contribution in [0.3, 0.4) is 0 Å². The van der Waals surface area contributed by atoms with Gasteiger partial charge in [-0.2, -0.15) is 0 Å². The molecule has 15 heavy (non-hydrogen) atoms. The molecule has 0 aliphatic heterocycles. The number of aromatic hydroxyl groups is 1. The number of ether oxygens (including phenoxy) is 1. The van der Waals surface area contributed by atoms with E-state index in [1.54, 1.807) is 12.1 Å². The second-order valence-electron chi connectivity index (χ2n) is 2.85. The van der Waals surface area contributed by atoms with Gasteiger partial charge in [0.25, 0.3) is 0 Å². The number of benzene rings is 1. The highest BCUT2D eigenvalue weighted by molar-refractivity contribution is 6.32. The van der Waals surface area contributed by atoms with Crippen LogP contribution in [0.2, 0.25) is 5.02 Å². The molecule has 86 valence electrons. The third-order valence-corrected chi connectivity index (χ3v) is 2.28. The third kappa shape index (κ3) is 2.89. The summed E-state index contributed by atoms with van der Waals surface area (Å²) in [5.41, 5.74) is 11.6. The van der Waals surface area contributed by atoms with E-state index < -0.39 is 6.04 Å². The molecule has 0 fully saturated rings. The average molecular weight is 253 g/mol. The van der Waals surface area contributed by atoms with Crippen molar-refractivity contribution < 1.29 is 9.84 Å². The van der Waals surface area contributed by atoms with Crippen molar-refractivity contribution in [1.82, 2.24) is 0 Å². The maximum atomic E-state index is 9.66. The van der Waals surface area contributed by atoms with Gasteiger partial charge < -0.3 is 21.3 Å². The van der Waals surface area contributed by atoms with Crippen LogP contribution in [0.5, 0.6) is 11.5 Å². The van der Waals surface area contributed by atoms with Crippen molar-refractivity contribution in [3.63, 3.8) is 0 Å². The van der Waals surface area contributed by atoms with Gasteiger partial charge in [-0.1, -0.05) is 11.6 Å². The first kappa shape index (κ1) is 14.3. The Morgan fingerprint density at radius 2 is 2.13 bits per heavy atom. The Balaban J connectivity index is 0.00000196. The van der Waals surface area contributed by atoms with E-state index in [2.05, 4.69) is 0 Å². The number of hydrogen-bond acceptors (Lipinski definition) is 4. The van der Waals surface area contributed by atoms with Gasteiger partial charge in [0.05, 0.1) is 17.7 Å². The fourth-order valence-electron chi connectivity index (χ4n) is 1.22. The first-order valence-corrected chi connectivity index (χ1v) is 4.50. The van der Waals surface area contributed by atoms with Crippen molar-refractivity contribution in [2.24, 2.45) is 11.5 Å². The summed E-state index contributed by atoms with van der Waals surface area (Å²) in [6, 6.07) is 2.71. The second kappa shape index (κ2) is 6.02. The van der Waals surface area contributed by atoms with Crippen molar-refractivity contribution in [2.75, 3.05) is 13.7 Å². The van der Waals surface area contributed by atoms with Crippen LogP contribution in [-0.4, -0.2) is 18.8 Å². The number of nitrogens with two attached hydrogens (primary N) is 2. The molecule has 4 nitrogen and oxygen atoms in total. The minimum Gasteiger partial charge on any atom is -0.506 e. The van der Waals surface area contributed by atoms with E-state index in [4.69, 9.17) is 27.8 Å². The minimum absolute atomic E-state index is 0. The van der Waals surface area contributed by atoms with Crippen LogP contribution in [0.4, 0.5) is 0 Å². The van der Waals surface area contributed by atoms with E-state index in [1.165, 1.54) is 7.11 Å². The molecule has 0 heterocycles. The summed E-state index contributed by atoms with van der Waals surface area (Å²) in [6.07, 6.45) is 0. The lowest BCUT2D eigenvalue weighted by Gasteiger charge is -2.16. The number of methoxy groups -OCH3 is 1. The van der Waals surface area contributed by atoms with Gasteiger partial charge in [0.15, 0.2) is 0 Å². The summed E-state index contributed by atoms with van der Waals surface area (Å²) in [5, 5.41) is 9.90. The molecule has 1 aromatic rings. The molecule has 0 unspecified atom stereocenters. The molecule has 0 aliphatic rings. The smallest absolute Gasteiger partial charge is 0.142 e. The number of phenolic OH excluding ortho intramolecular Hbond substituents is 1. The standard InChI is InChI=1S/C9H13ClN2O2.ClH/c1-14-7-3-2-5(10)9(13)8(7)6(12)4-11;/h2-3,6,13H,4,11-12H2,1H3;1H/t6-;/m0./s1. The molecule has 0 radical (unpaired) electrons. The Hall–Kier alpha value is -0.680. The van der Waals surface area contributed by atoms with Gasteiger partial charge in [-0.15, -0.1) is 12.4 Å².